The lowest BCUT2D eigenvalue weighted by Gasteiger charge is -2.17. The third kappa shape index (κ3) is 24.5. The highest BCUT2D eigenvalue weighted by molar-refractivity contribution is 14.1. The van der Waals surface area contributed by atoms with Gasteiger partial charge < -0.3 is 69.0 Å². The average Bonchev–Trinajstić information content (AvgIpc) is 2.21. The van der Waals surface area contributed by atoms with Crippen molar-refractivity contribution in [3.05, 3.63) is 198 Å². The van der Waals surface area contributed by atoms with E-state index in [1.165, 1.54) is 78.0 Å². The van der Waals surface area contributed by atoms with Gasteiger partial charge in [-0.2, -0.15) is 0 Å². The van der Waals surface area contributed by atoms with E-state index in [-0.39, 0.29) is 52.8 Å². The summed E-state index contributed by atoms with van der Waals surface area (Å²) in [6.07, 6.45) is 2.28. The molecule has 2 saturated heterocycles. The van der Waals surface area contributed by atoms with E-state index in [1.807, 2.05) is 68.5 Å². The highest BCUT2D eigenvalue weighted by Gasteiger charge is 2.35. The Morgan fingerprint density at radius 2 is 0.856 bits per heavy atom. The number of nitrogen functional groups attached to an aromatic ring is 2. The number of ether oxygens (including phenoxy) is 10. The first-order valence-electron chi connectivity index (χ1n) is 26.9. The normalized spacial score (nSPS) is 14.9. The van der Waals surface area contributed by atoms with Gasteiger partial charge in [0.1, 0.15) is 40.2 Å². The Hall–Kier alpha value is -9.05. The lowest BCUT2D eigenvalue weighted by molar-refractivity contribution is -0.386. The van der Waals surface area contributed by atoms with Crippen molar-refractivity contribution in [2.45, 2.75) is 83.3 Å². The molecule has 2 aliphatic rings. The molecule has 0 spiro atoms. The summed E-state index contributed by atoms with van der Waals surface area (Å²) >= 11 is 1.91. The molecule has 2 aliphatic heterocycles. The molecule has 6 aromatic carbocycles. The Kier molecular flexibility index (Phi) is 30.4. The van der Waals surface area contributed by atoms with E-state index < -0.39 is 48.9 Å². The van der Waals surface area contributed by atoms with Crippen LogP contribution in [0.2, 0.25) is 0 Å². The van der Waals surface area contributed by atoms with Gasteiger partial charge in [0.15, 0.2) is 11.6 Å². The first-order valence-corrected chi connectivity index (χ1v) is 28.0. The van der Waals surface area contributed by atoms with Crippen molar-refractivity contribution in [1.82, 2.24) is 0 Å². The summed E-state index contributed by atoms with van der Waals surface area (Å²) in [5.74, 6) is 1.95. The van der Waals surface area contributed by atoms with Crippen molar-refractivity contribution in [2.24, 2.45) is 0 Å². The molecule has 8 rings (SSSR count). The van der Waals surface area contributed by atoms with Gasteiger partial charge >= 0.3 is 0 Å². The minimum absolute atomic E-state index is 0.0385. The lowest BCUT2D eigenvalue weighted by Crippen LogP contribution is -2.22. The molecule has 0 aliphatic carbocycles. The molecule has 0 bridgehead atoms. The van der Waals surface area contributed by atoms with Gasteiger partial charge in [-0.15, -0.1) is 6.58 Å². The number of allylic oxidation sites excluding steroid dienone is 1. The number of halogens is 1. The molecule has 6 N–H and O–H groups in total. The van der Waals surface area contributed by atoms with Gasteiger partial charge in [-0.25, -0.2) is 0 Å². The van der Waals surface area contributed by atoms with Crippen molar-refractivity contribution in [2.75, 3.05) is 73.9 Å². The number of aliphatic hydroxyl groups excluding tert-OH is 2. The zero-order valence-electron chi connectivity index (χ0n) is 51.2. The molecule has 0 radical (unpaired) electrons. The molecule has 2 fully saturated rings. The number of aliphatic hydroxyl groups is 2. The molecule has 3 atom stereocenters. The summed E-state index contributed by atoms with van der Waals surface area (Å²) in [5, 5.41) is 71.2. The maximum Gasteiger partial charge on any atom is 0.295 e. The van der Waals surface area contributed by atoms with Crippen LogP contribution in [0.5, 0.6) is 34.5 Å². The fraction of sp³-hybridized carbons (Fsp3) is 0.367. The highest BCUT2D eigenvalue weighted by Crippen LogP contribution is 2.33. The number of benzene rings is 6. The van der Waals surface area contributed by atoms with E-state index in [1.54, 1.807) is 61.7 Å². The van der Waals surface area contributed by atoms with E-state index in [9.17, 15) is 55.7 Å². The number of hydrogen-bond donors (Lipinski definition) is 4. The van der Waals surface area contributed by atoms with Crippen molar-refractivity contribution < 1.29 is 82.2 Å². The van der Waals surface area contributed by atoms with E-state index in [0.717, 1.165) is 23.4 Å². The highest BCUT2D eigenvalue weighted by atomic mass is 127. The molecule has 0 aromatic heterocycles. The summed E-state index contributed by atoms with van der Waals surface area (Å²) in [6, 6.07) is 28.8. The fourth-order valence-electron chi connectivity index (χ4n) is 8.19. The topological polar surface area (TPSA) is 400 Å². The monoisotopic (exact) mass is 1370 g/mol. The predicted octanol–water partition coefficient (Wildman–Crippen LogP) is 10.5. The van der Waals surface area contributed by atoms with Crippen LogP contribution in [0.25, 0.3) is 0 Å². The molecule has 3 unspecified atom stereocenters. The Balaban J connectivity index is 0.000000284. The largest absolute Gasteiger partial charge is 0.497 e. The minimum Gasteiger partial charge on any atom is -0.497 e. The third-order valence-electron chi connectivity index (χ3n) is 12.7. The van der Waals surface area contributed by atoms with Crippen LogP contribution in [-0.4, -0.2) is 127 Å². The van der Waals surface area contributed by atoms with Gasteiger partial charge in [-0.05, 0) is 129 Å². The lowest BCUT2D eigenvalue weighted by atomic mass is 10.1. The molecular formula is C60H74IN7O22. The van der Waals surface area contributed by atoms with Gasteiger partial charge in [0.05, 0.1) is 139 Å². The number of hydrogen-bond acceptors (Lipinski definition) is 24. The first kappa shape index (κ1) is 75.2. The van der Waals surface area contributed by atoms with Crippen LogP contribution in [0.3, 0.4) is 0 Å². The number of methoxy groups -OCH3 is 6. The zero-order chi connectivity index (χ0) is 67.5. The van der Waals surface area contributed by atoms with Crippen LogP contribution in [0.15, 0.2) is 122 Å². The second-order valence-electron chi connectivity index (χ2n) is 19.9. The number of rotatable bonds is 20. The smallest absolute Gasteiger partial charge is 0.295 e. The molecule has 30 heteroatoms. The number of nitrogens with two attached hydrogens (primary N) is 2. The van der Waals surface area contributed by atoms with Crippen LogP contribution >= 0.6 is 22.6 Å². The Labute approximate surface area is 532 Å². The predicted molar refractivity (Wildman–Crippen MR) is 341 cm³/mol. The van der Waals surface area contributed by atoms with Crippen LogP contribution in [0, 0.1) is 54.1 Å². The van der Waals surface area contributed by atoms with Gasteiger partial charge in [-0.1, -0.05) is 12.1 Å². The fourth-order valence-corrected chi connectivity index (χ4v) is 8.72. The van der Waals surface area contributed by atoms with E-state index >= 15 is 0 Å². The average molecular weight is 1370 g/mol. The Morgan fingerprint density at radius 3 is 1.23 bits per heavy atom. The summed E-state index contributed by atoms with van der Waals surface area (Å²) in [4.78, 5) is 51.0. The Morgan fingerprint density at radius 1 is 0.522 bits per heavy atom. The third-order valence-corrected chi connectivity index (χ3v) is 13.6. The summed E-state index contributed by atoms with van der Waals surface area (Å²) in [6.45, 7) is 11.7. The van der Waals surface area contributed by atoms with Crippen LogP contribution in [0.4, 0.5) is 39.8 Å². The summed E-state index contributed by atoms with van der Waals surface area (Å²) in [7, 11) is 8.93. The summed E-state index contributed by atoms with van der Waals surface area (Å²) in [5.41, 5.74) is 14.8. The quantitative estimate of drug-likeness (QED) is 0.0181. The van der Waals surface area contributed by atoms with Crippen LogP contribution < -0.4 is 39.9 Å². The van der Waals surface area contributed by atoms with Crippen molar-refractivity contribution >= 4 is 62.4 Å². The van der Waals surface area contributed by atoms with Gasteiger partial charge in [0.25, 0.3) is 28.4 Å². The number of nitro benzene ring substituents is 5. The van der Waals surface area contributed by atoms with Crippen LogP contribution in [0.1, 0.15) is 49.9 Å². The molecule has 2 heterocycles. The van der Waals surface area contributed by atoms with Gasteiger partial charge in [0.2, 0.25) is 0 Å². The molecule has 0 saturated carbocycles. The van der Waals surface area contributed by atoms with Crippen molar-refractivity contribution in [3.63, 3.8) is 0 Å². The maximum absolute atomic E-state index is 11.1. The maximum atomic E-state index is 11.1. The standard InChI is InChI=1S/C13H17NO5.C13H19NO3.C10H13NO5.C10H11NO3.C7H6INO3.C7H8N2O3/c1-13(2)18-8-11(19-13)6-9-4-5-10(17-3)7-12(9)14(15)16;1-13(2)16-8-11(17-13)6-9-4-5-10(15-3)7-12(9)14;1-16-9-3-2-7(4-8(13)6-12)10(5-9)11(14)15;1-3-4-8-5-6-9(14-2)7-10(8)11(12)13;2*1-12-5-2-3-6(8)7(4-5)9(10)11/h4-5,7,11H,6,8H2,1-3H3;4-5,7,11H,6,8,14H2,1-3H3;2-3,5,8,12-13H,4,6H2,1H3;3,5-7H,1,4H2,2H3;2-4H,1H3;2-4H,8H2,1H3. The van der Waals surface area contributed by atoms with E-state index in [0.29, 0.717) is 75.1 Å². The zero-order valence-corrected chi connectivity index (χ0v) is 53.3. The molecule has 0 amide bonds. The van der Waals surface area contributed by atoms with Crippen LogP contribution in [-0.2, 0) is 44.6 Å². The van der Waals surface area contributed by atoms with Gasteiger partial charge in [-0.3, -0.25) is 50.6 Å². The number of nitrogens with zero attached hydrogens (tertiary/aromatic N) is 5. The second-order valence-corrected chi connectivity index (χ2v) is 21.1. The molecule has 488 valence electrons. The number of anilines is 2. The SMILES string of the molecule is C=CCc1ccc(OC)cc1[N+](=O)[O-].COc1ccc(CC(O)CO)c([N+](=O)[O-])c1.COc1ccc(CC2COC(C)(C)O2)c(N)c1.COc1ccc(CC2COC(C)(C)O2)c([N+](=O)[O-])c1.COc1ccc(I)c([N+](=O)[O-])c1.COc1ccc(N)c([N+](=O)[O-])c1. The first-order chi connectivity index (χ1) is 42.5. The van der Waals surface area contributed by atoms with E-state index in [2.05, 4.69) is 6.58 Å². The van der Waals surface area contributed by atoms with E-state index in [4.69, 9.17) is 63.9 Å². The summed E-state index contributed by atoms with van der Waals surface area (Å²) < 4.78 is 52.6. The molecular weight excluding hydrogens is 1300 g/mol. The second kappa shape index (κ2) is 36.4. The number of nitro groups is 5. The Bertz CT molecular complexity index is 3330. The molecule has 29 nitrogen and oxygen atoms in total. The van der Waals surface area contributed by atoms with Crippen molar-refractivity contribution in [3.8, 4) is 34.5 Å². The minimum atomic E-state index is -0.993. The molecule has 90 heavy (non-hydrogen) atoms. The van der Waals surface area contributed by atoms with Crippen molar-refractivity contribution in [1.29, 1.82) is 0 Å². The van der Waals surface area contributed by atoms with Gasteiger partial charge in [0, 0.05) is 47.7 Å². The molecule has 6 aromatic rings.